The Morgan fingerprint density at radius 1 is 1.42 bits per heavy atom. The molecule has 0 fully saturated rings. The van der Waals surface area contributed by atoms with E-state index in [0.29, 0.717) is 15.5 Å². The van der Waals surface area contributed by atoms with Crippen molar-refractivity contribution in [3.8, 4) is 6.07 Å². The standard InChI is InChI=1S/C13H7ClN2O2S/c14-10-4-3-8(6-9(10)13(17)18)19-12-2-1-5-16-11(12)7-15/h1-6H,(H,17,18). The van der Waals surface area contributed by atoms with Gasteiger partial charge in [-0.05, 0) is 30.3 Å². The fourth-order valence-corrected chi connectivity index (χ4v) is 2.52. The van der Waals surface area contributed by atoms with E-state index < -0.39 is 5.97 Å². The van der Waals surface area contributed by atoms with E-state index in [1.807, 2.05) is 6.07 Å². The molecule has 1 heterocycles. The molecule has 0 radical (unpaired) electrons. The number of hydrogen-bond donors (Lipinski definition) is 1. The predicted molar refractivity (Wildman–Crippen MR) is 71.5 cm³/mol. The number of aromatic carboxylic acids is 1. The van der Waals surface area contributed by atoms with Gasteiger partial charge in [0.1, 0.15) is 6.07 Å². The molecule has 0 atom stereocenters. The van der Waals surface area contributed by atoms with Crippen molar-refractivity contribution in [2.45, 2.75) is 9.79 Å². The number of hydrogen-bond acceptors (Lipinski definition) is 4. The molecule has 0 bridgehead atoms. The predicted octanol–water partition coefficient (Wildman–Crippen LogP) is 3.46. The molecule has 0 aliphatic carbocycles. The zero-order valence-corrected chi connectivity index (χ0v) is 11.1. The summed E-state index contributed by atoms with van der Waals surface area (Å²) in [5, 5.41) is 18.1. The van der Waals surface area contributed by atoms with Crippen molar-refractivity contribution in [2.24, 2.45) is 0 Å². The molecule has 0 saturated carbocycles. The van der Waals surface area contributed by atoms with Crippen LogP contribution in [0.15, 0.2) is 46.3 Å². The van der Waals surface area contributed by atoms with Gasteiger partial charge >= 0.3 is 5.97 Å². The highest BCUT2D eigenvalue weighted by molar-refractivity contribution is 7.99. The normalized spacial score (nSPS) is 9.89. The van der Waals surface area contributed by atoms with E-state index in [4.69, 9.17) is 22.0 Å². The number of carbonyl (C=O) groups is 1. The molecular weight excluding hydrogens is 284 g/mol. The number of rotatable bonds is 3. The van der Waals surface area contributed by atoms with Crippen LogP contribution in [0.3, 0.4) is 0 Å². The van der Waals surface area contributed by atoms with Crippen molar-refractivity contribution >= 4 is 29.3 Å². The summed E-state index contributed by atoms with van der Waals surface area (Å²) >= 11 is 7.07. The third kappa shape index (κ3) is 3.05. The van der Waals surface area contributed by atoms with Gasteiger partial charge in [-0.15, -0.1) is 0 Å². The Balaban J connectivity index is 2.37. The zero-order chi connectivity index (χ0) is 13.8. The topological polar surface area (TPSA) is 74.0 Å². The van der Waals surface area contributed by atoms with Crippen LogP contribution in [0.2, 0.25) is 5.02 Å². The second-order valence-corrected chi connectivity index (χ2v) is 5.03. The molecule has 0 unspecified atom stereocenters. The van der Waals surface area contributed by atoms with E-state index in [9.17, 15) is 4.79 Å². The number of nitriles is 1. The van der Waals surface area contributed by atoms with Crippen LogP contribution in [0, 0.1) is 11.3 Å². The molecule has 0 amide bonds. The van der Waals surface area contributed by atoms with Gasteiger partial charge in [-0.3, -0.25) is 0 Å². The minimum absolute atomic E-state index is 0.0362. The highest BCUT2D eigenvalue weighted by atomic mass is 35.5. The summed E-state index contributed by atoms with van der Waals surface area (Å²) in [6.07, 6.45) is 1.53. The minimum Gasteiger partial charge on any atom is -0.478 e. The summed E-state index contributed by atoms with van der Waals surface area (Å²) in [5.41, 5.74) is 0.341. The Kier molecular flexibility index (Phi) is 4.05. The smallest absolute Gasteiger partial charge is 0.337 e. The Hall–Kier alpha value is -2.03. The first-order valence-electron chi connectivity index (χ1n) is 5.17. The van der Waals surface area contributed by atoms with Crippen LogP contribution in [0.1, 0.15) is 16.1 Å². The molecule has 0 saturated heterocycles. The average molecular weight is 291 g/mol. The molecule has 94 valence electrons. The van der Waals surface area contributed by atoms with Crippen LogP contribution < -0.4 is 0 Å². The molecule has 2 rings (SSSR count). The third-order valence-corrected chi connectivity index (χ3v) is 3.64. The van der Waals surface area contributed by atoms with E-state index >= 15 is 0 Å². The Bertz CT molecular complexity index is 683. The van der Waals surface area contributed by atoms with Crippen LogP contribution in [0.4, 0.5) is 0 Å². The van der Waals surface area contributed by atoms with Gasteiger partial charge in [-0.1, -0.05) is 23.4 Å². The molecule has 1 aromatic heterocycles. The summed E-state index contributed by atoms with van der Waals surface area (Å²) in [7, 11) is 0. The molecule has 19 heavy (non-hydrogen) atoms. The molecular formula is C13H7ClN2O2S. The first kappa shape index (κ1) is 13.4. The molecule has 0 aliphatic heterocycles. The Morgan fingerprint density at radius 3 is 2.89 bits per heavy atom. The second-order valence-electron chi connectivity index (χ2n) is 3.51. The molecule has 1 aromatic carbocycles. The number of halogens is 1. The fourth-order valence-electron chi connectivity index (χ4n) is 1.42. The van der Waals surface area contributed by atoms with E-state index in [1.165, 1.54) is 30.1 Å². The monoisotopic (exact) mass is 290 g/mol. The first-order chi connectivity index (χ1) is 9.11. The van der Waals surface area contributed by atoms with E-state index in [0.717, 1.165) is 0 Å². The van der Waals surface area contributed by atoms with Crippen LogP contribution in [0.25, 0.3) is 0 Å². The highest BCUT2D eigenvalue weighted by Gasteiger charge is 2.11. The molecule has 0 spiro atoms. The van der Waals surface area contributed by atoms with Crippen molar-refractivity contribution in [1.29, 1.82) is 5.26 Å². The number of pyridine rings is 1. The maximum absolute atomic E-state index is 11.0. The van der Waals surface area contributed by atoms with E-state index in [-0.39, 0.29) is 10.6 Å². The van der Waals surface area contributed by atoms with Gasteiger partial charge in [0.15, 0.2) is 5.69 Å². The van der Waals surface area contributed by atoms with Gasteiger partial charge in [0.05, 0.1) is 10.6 Å². The van der Waals surface area contributed by atoms with Crippen molar-refractivity contribution in [1.82, 2.24) is 4.98 Å². The maximum Gasteiger partial charge on any atom is 0.337 e. The summed E-state index contributed by atoms with van der Waals surface area (Å²) in [5.74, 6) is -1.08. The van der Waals surface area contributed by atoms with Crippen LogP contribution in [0.5, 0.6) is 0 Å². The Labute approximate surface area is 118 Å². The summed E-state index contributed by atoms with van der Waals surface area (Å²) in [6.45, 7) is 0. The van der Waals surface area contributed by atoms with Crippen molar-refractivity contribution in [3.05, 3.63) is 52.8 Å². The van der Waals surface area contributed by atoms with Gasteiger partial charge in [0.2, 0.25) is 0 Å². The lowest BCUT2D eigenvalue weighted by Crippen LogP contribution is -1.97. The SMILES string of the molecule is N#Cc1ncccc1Sc1ccc(Cl)c(C(=O)O)c1. The fraction of sp³-hybridized carbons (Fsp3) is 0. The number of nitrogens with zero attached hydrogens (tertiary/aromatic N) is 2. The largest absolute Gasteiger partial charge is 0.478 e. The van der Waals surface area contributed by atoms with E-state index in [1.54, 1.807) is 18.2 Å². The van der Waals surface area contributed by atoms with Crippen molar-refractivity contribution in [2.75, 3.05) is 0 Å². The maximum atomic E-state index is 11.0. The van der Waals surface area contributed by atoms with E-state index in [2.05, 4.69) is 4.98 Å². The number of aromatic nitrogens is 1. The second kappa shape index (κ2) is 5.74. The number of carboxylic acids is 1. The minimum atomic E-state index is -1.08. The molecule has 2 aromatic rings. The van der Waals surface area contributed by atoms with Gasteiger partial charge in [-0.2, -0.15) is 5.26 Å². The molecule has 6 heteroatoms. The number of benzene rings is 1. The van der Waals surface area contributed by atoms with Gasteiger partial charge in [0, 0.05) is 16.0 Å². The van der Waals surface area contributed by atoms with Crippen LogP contribution >= 0.6 is 23.4 Å². The molecule has 4 nitrogen and oxygen atoms in total. The van der Waals surface area contributed by atoms with Gasteiger partial charge in [0.25, 0.3) is 0 Å². The molecule has 1 N–H and O–H groups in total. The lowest BCUT2D eigenvalue weighted by Gasteiger charge is -2.05. The summed E-state index contributed by atoms with van der Waals surface area (Å²) in [4.78, 5) is 16.3. The molecule has 0 aliphatic rings. The van der Waals surface area contributed by atoms with Gasteiger partial charge < -0.3 is 5.11 Å². The quantitative estimate of drug-likeness (QED) is 0.937. The number of carboxylic acid groups (broad SMARTS) is 1. The van der Waals surface area contributed by atoms with Crippen molar-refractivity contribution in [3.63, 3.8) is 0 Å². The Morgan fingerprint density at radius 2 is 2.21 bits per heavy atom. The highest BCUT2D eigenvalue weighted by Crippen LogP contribution is 2.31. The lowest BCUT2D eigenvalue weighted by atomic mass is 10.2. The summed E-state index contributed by atoms with van der Waals surface area (Å²) in [6, 6.07) is 10.2. The average Bonchev–Trinajstić information content (AvgIpc) is 2.41. The zero-order valence-electron chi connectivity index (χ0n) is 9.50. The van der Waals surface area contributed by atoms with Crippen molar-refractivity contribution < 1.29 is 9.90 Å². The van der Waals surface area contributed by atoms with Crippen LogP contribution in [-0.4, -0.2) is 16.1 Å². The lowest BCUT2D eigenvalue weighted by molar-refractivity contribution is 0.0697. The van der Waals surface area contributed by atoms with Gasteiger partial charge in [-0.25, -0.2) is 9.78 Å². The third-order valence-electron chi connectivity index (χ3n) is 2.27. The first-order valence-corrected chi connectivity index (χ1v) is 6.37. The van der Waals surface area contributed by atoms with Crippen LogP contribution in [-0.2, 0) is 0 Å². The summed E-state index contributed by atoms with van der Waals surface area (Å²) < 4.78 is 0.